The molecule has 0 aliphatic rings. The summed E-state index contributed by atoms with van der Waals surface area (Å²) in [5.74, 6) is -0.352. The van der Waals surface area contributed by atoms with Crippen LogP contribution in [0.5, 0.6) is 0 Å². The van der Waals surface area contributed by atoms with E-state index in [1.807, 2.05) is 13.8 Å². The molecule has 0 aliphatic heterocycles. The molecule has 2 rings (SSSR count). The molecule has 2 aromatic rings. The predicted molar refractivity (Wildman–Crippen MR) is 110 cm³/mol. The monoisotopic (exact) mass is 408 g/mol. The summed E-state index contributed by atoms with van der Waals surface area (Å²) in [6, 6.07) is 13.1. The maximum atomic E-state index is 13.2. The summed E-state index contributed by atoms with van der Waals surface area (Å²) in [6.07, 6.45) is 1.76. The van der Waals surface area contributed by atoms with E-state index in [1.54, 1.807) is 43.3 Å². The van der Waals surface area contributed by atoms with Gasteiger partial charge in [0.2, 0.25) is 5.91 Å². The quantitative estimate of drug-likeness (QED) is 0.713. The second-order valence-electron chi connectivity index (χ2n) is 6.47. The van der Waals surface area contributed by atoms with Crippen molar-refractivity contribution >= 4 is 33.2 Å². The number of anilines is 1. The fourth-order valence-electron chi connectivity index (χ4n) is 2.84. The summed E-state index contributed by atoms with van der Waals surface area (Å²) in [4.78, 5) is 12.7. The Bertz CT molecular complexity index is 885. The molecule has 0 heterocycles. The van der Waals surface area contributed by atoms with Crippen molar-refractivity contribution in [3.8, 4) is 0 Å². The molecular weight excluding hydrogens is 384 g/mol. The van der Waals surface area contributed by atoms with E-state index in [1.165, 1.54) is 12.1 Å². The van der Waals surface area contributed by atoms with E-state index in [0.29, 0.717) is 16.3 Å². The van der Waals surface area contributed by atoms with Crippen molar-refractivity contribution in [1.82, 2.24) is 5.32 Å². The third-order valence-electron chi connectivity index (χ3n) is 4.26. The van der Waals surface area contributed by atoms with Crippen molar-refractivity contribution in [3.63, 3.8) is 0 Å². The molecule has 0 aromatic heterocycles. The Hall–Kier alpha value is -2.05. The lowest BCUT2D eigenvalue weighted by atomic mass is 10.2. The summed E-state index contributed by atoms with van der Waals surface area (Å²) in [6.45, 7) is 5.36. The van der Waals surface area contributed by atoms with Crippen LogP contribution in [-0.4, -0.2) is 26.9 Å². The zero-order valence-electron chi connectivity index (χ0n) is 15.8. The van der Waals surface area contributed by atoms with Crippen molar-refractivity contribution in [2.75, 3.05) is 10.8 Å². The SMILES string of the molecule is CCC[C@@H](C)NC(=O)CN(c1cccc(Cl)c1C)S(=O)(=O)c1ccccc1. The Morgan fingerprint density at radius 3 is 2.44 bits per heavy atom. The van der Waals surface area contributed by atoms with E-state index in [4.69, 9.17) is 11.6 Å². The van der Waals surface area contributed by atoms with Crippen LogP contribution in [0.25, 0.3) is 0 Å². The van der Waals surface area contributed by atoms with Gasteiger partial charge in [0.05, 0.1) is 10.6 Å². The van der Waals surface area contributed by atoms with E-state index < -0.39 is 10.0 Å². The van der Waals surface area contributed by atoms with Gasteiger partial charge in [-0.05, 0) is 50.1 Å². The van der Waals surface area contributed by atoms with Crippen molar-refractivity contribution in [1.29, 1.82) is 0 Å². The van der Waals surface area contributed by atoms with E-state index in [9.17, 15) is 13.2 Å². The fourth-order valence-corrected chi connectivity index (χ4v) is 4.51. The first-order valence-electron chi connectivity index (χ1n) is 8.89. The summed E-state index contributed by atoms with van der Waals surface area (Å²) >= 11 is 6.19. The molecule has 0 bridgehead atoms. The number of hydrogen-bond donors (Lipinski definition) is 1. The highest BCUT2D eigenvalue weighted by molar-refractivity contribution is 7.92. The van der Waals surface area contributed by atoms with Gasteiger partial charge in [0.1, 0.15) is 6.54 Å². The lowest BCUT2D eigenvalue weighted by molar-refractivity contribution is -0.120. The fraction of sp³-hybridized carbons (Fsp3) is 0.350. The number of rotatable bonds is 8. The Labute approximate surface area is 166 Å². The Morgan fingerprint density at radius 2 is 1.81 bits per heavy atom. The van der Waals surface area contributed by atoms with E-state index >= 15 is 0 Å². The van der Waals surface area contributed by atoms with Crippen LogP contribution in [-0.2, 0) is 14.8 Å². The van der Waals surface area contributed by atoms with Gasteiger partial charge in [-0.2, -0.15) is 0 Å². The van der Waals surface area contributed by atoms with Gasteiger partial charge in [-0.15, -0.1) is 0 Å². The third-order valence-corrected chi connectivity index (χ3v) is 6.44. The van der Waals surface area contributed by atoms with Gasteiger partial charge in [0, 0.05) is 11.1 Å². The third kappa shape index (κ3) is 5.23. The van der Waals surface area contributed by atoms with Crippen molar-refractivity contribution in [2.24, 2.45) is 0 Å². The number of nitrogens with zero attached hydrogens (tertiary/aromatic N) is 1. The molecule has 1 atom stereocenters. The van der Waals surface area contributed by atoms with Crippen LogP contribution in [0, 0.1) is 6.92 Å². The summed E-state index contributed by atoms with van der Waals surface area (Å²) in [5.41, 5.74) is 0.998. The largest absolute Gasteiger partial charge is 0.352 e. The van der Waals surface area contributed by atoms with Crippen LogP contribution < -0.4 is 9.62 Å². The molecule has 0 spiro atoms. The molecule has 0 saturated carbocycles. The molecule has 0 unspecified atom stereocenters. The molecule has 146 valence electrons. The normalized spacial score (nSPS) is 12.4. The Morgan fingerprint density at radius 1 is 1.15 bits per heavy atom. The molecule has 1 N–H and O–H groups in total. The second kappa shape index (κ2) is 9.24. The molecular formula is C20H25ClN2O3S. The van der Waals surface area contributed by atoms with Gasteiger partial charge in [-0.1, -0.05) is 49.2 Å². The maximum absolute atomic E-state index is 13.2. The number of sulfonamides is 1. The predicted octanol–water partition coefficient (Wildman–Crippen LogP) is 4.15. The van der Waals surface area contributed by atoms with Gasteiger partial charge in [-0.25, -0.2) is 8.42 Å². The highest BCUT2D eigenvalue weighted by Gasteiger charge is 2.28. The first-order chi connectivity index (χ1) is 12.8. The number of benzene rings is 2. The minimum atomic E-state index is -3.92. The molecule has 5 nitrogen and oxygen atoms in total. The number of halogens is 1. The first-order valence-corrected chi connectivity index (χ1v) is 10.7. The van der Waals surface area contributed by atoms with Crippen molar-refractivity contribution < 1.29 is 13.2 Å². The summed E-state index contributed by atoms with van der Waals surface area (Å²) in [7, 11) is -3.92. The first kappa shape index (κ1) is 21.3. The number of nitrogens with one attached hydrogen (secondary N) is 1. The van der Waals surface area contributed by atoms with Crippen LogP contribution in [0.3, 0.4) is 0 Å². The minimum Gasteiger partial charge on any atom is -0.352 e. The van der Waals surface area contributed by atoms with Gasteiger partial charge >= 0.3 is 0 Å². The highest BCUT2D eigenvalue weighted by atomic mass is 35.5. The average molecular weight is 409 g/mol. The molecule has 1 amide bonds. The maximum Gasteiger partial charge on any atom is 0.264 e. The Kier molecular flexibility index (Phi) is 7.27. The lowest BCUT2D eigenvalue weighted by Gasteiger charge is -2.26. The molecule has 0 saturated heterocycles. The number of amides is 1. The average Bonchev–Trinajstić information content (AvgIpc) is 2.63. The van der Waals surface area contributed by atoms with Crippen LogP contribution in [0.15, 0.2) is 53.4 Å². The van der Waals surface area contributed by atoms with Crippen LogP contribution in [0.1, 0.15) is 32.3 Å². The number of carbonyl (C=O) groups is 1. The summed E-state index contributed by atoms with van der Waals surface area (Å²) < 4.78 is 27.6. The van der Waals surface area contributed by atoms with Gasteiger partial charge < -0.3 is 5.32 Å². The Balaban J connectivity index is 2.43. The van der Waals surface area contributed by atoms with E-state index in [2.05, 4.69) is 5.32 Å². The van der Waals surface area contributed by atoms with Crippen LogP contribution in [0.2, 0.25) is 5.02 Å². The smallest absolute Gasteiger partial charge is 0.264 e. The molecule has 0 radical (unpaired) electrons. The topological polar surface area (TPSA) is 66.5 Å². The number of hydrogen-bond acceptors (Lipinski definition) is 3. The zero-order chi connectivity index (χ0) is 20.0. The van der Waals surface area contributed by atoms with E-state index in [0.717, 1.165) is 17.1 Å². The van der Waals surface area contributed by atoms with Gasteiger partial charge in [0.15, 0.2) is 0 Å². The molecule has 2 aromatic carbocycles. The molecule has 7 heteroatoms. The summed E-state index contributed by atoms with van der Waals surface area (Å²) in [5, 5.41) is 3.31. The standard InChI is InChI=1S/C20H25ClN2O3S/c1-4-9-15(2)22-20(24)14-23(19-13-8-12-18(21)16(19)3)27(25,26)17-10-6-5-7-11-17/h5-8,10-13,15H,4,9,14H2,1-3H3,(H,22,24)/t15-/m1/s1. The van der Waals surface area contributed by atoms with Crippen LogP contribution >= 0.6 is 11.6 Å². The van der Waals surface area contributed by atoms with Crippen molar-refractivity contribution in [3.05, 3.63) is 59.1 Å². The molecule has 0 fully saturated rings. The second-order valence-corrected chi connectivity index (χ2v) is 8.74. The molecule has 0 aliphatic carbocycles. The highest BCUT2D eigenvalue weighted by Crippen LogP contribution is 2.30. The molecule has 27 heavy (non-hydrogen) atoms. The van der Waals surface area contributed by atoms with Gasteiger partial charge in [-0.3, -0.25) is 9.10 Å². The van der Waals surface area contributed by atoms with Gasteiger partial charge in [0.25, 0.3) is 10.0 Å². The minimum absolute atomic E-state index is 0.0239. The van der Waals surface area contributed by atoms with Crippen molar-refractivity contribution in [2.45, 2.75) is 44.6 Å². The zero-order valence-corrected chi connectivity index (χ0v) is 17.3. The lowest BCUT2D eigenvalue weighted by Crippen LogP contribution is -2.43. The van der Waals surface area contributed by atoms with Crippen LogP contribution in [0.4, 0.5) is 5.69 Å². The van der Waals surface area contributed by atoms with E-state index in [-0.39, 0.29) is 23.4 Å². The number of carbonyl (C=O) groups excluding carboxylic acids is 1.